The van der Waals surface area contributed by atoms with Crippen LogP contribution in [-0.2, 0) is 0 Å². The molecule has 7 rings (SSSR count). The number of rotatable bonds is 6. The summed E-state index contributed by atoms with van der Waals surface area (Å²) in [4.78, 5) is 17.7. The van der Waals surface area contributed by atoms with Gasteiger partial charge in [-0.15, -0.1) is 0 Å². The van der Waals surface area contributed by atoms with Crippen LogP contribution in [0.3, 0.4) is 0 Å². The molecule has 2 aliphatic heterocycles. The van der Waals surface area contributed by atoms with Crippen LogP contribution in [-0.4, -0.2) is 26.5 Å². The van der Waals surface area contributed by atoms with Crippen LogP contribution >= 0.6 is 15.9 Å². The first-order chi connectivity index (χ1) is 20.7. The number of nitrogens with one attached hydrogen (secondary N) is 3. The molecule has 0 saturated carbocycles. The Labute approximate surface area is 253 Å². The summed E-state index contributed by atoms with van der Waals surface area (Å²) in [6.07, 6.45) is 10.6. The monoisotopic (exact) mass is 611 g/mol. The van der Waals surface area contributed by atoms with Gasteiger partial charge in [0, 0.05) is 28.7 Å². The number of hydrogen-bond acceptors (Lipinski definition) is 3. The fourth-order valence-corrected chi connectivity index (χ4v) is 6.02. The van der Waals surface area contributed by atoms with Crippen LogP contribution in [0.1, 0.15) is 42.5 Å². The standard InChI is InChI=1S/C36H30BrN5/c1-2-3-22-38-36-31-20-16-27(41-31)33(23-10-6-4-7-11-23)25-14-18-29(39-25)35(37)30-19-15-26(40-30)34(24-12-8-5-9-13-24)28-17-21-32(36)42-28/h4-21,38-40H,2-3,22H2,1H3. The summed E-state index contributed by atoms with van der Waals surface area (Å²) in [6, 6.07) is 29.4. The van der Waals surface area contributed by atoms with E-state index in [1.807, 2.05) is 12.1 Å². The molecule has 5 nitrogen and oxygen atoms in total. The minimum atomic E-state index is 0.852. The van der Waals surface area contributed by atoms with E-state index in [1.165, 1.54) is 0 Å². The predicted molar refractivity (Wildman–Crippen MR) is 181 cm³/mol. The van der Waals surface area contributed by atoms with Crippen molar-refractivity contribution >= 4 is 68.0 Å². The Balaban J connectivity index is 1.61. The van der Waals surface area contributed by atoms with Gasteiger partial charge < -0.3 is 15.3 Å². The minimum absolute atomic E-state index is 0.852. The normalized spacial score (nSPS) is 12.1. The van der Waals surface area contributed by atoms with Crippen molar-refractivity contribution < 1.29 is 0 Å². The topological polar surface area (TPSA) is 69.4 Å². The molecule has 0 aliphatic carbocycles. The van der Waals surface area contributed by atoms with Crippen LogP contribution in [0.25, 0.3) is 68.6 Å². The van der Waals surface area contributed by atoms with Crippen LogP contribution in [0.5, 0.6) is 0 Å². The number of halogens is 1. The molecule has 5 aromatic rings. The van der Waals surface area contributed by atoms with Crippen LogP contribution in [0.15, 0.2) is 89.4 Å². The molecule has 2 aliphatic rings. The Hall–Kier alpha value is -4.68. The van der Waals surface area contributed by atoms with Gasteiger partial charge in [0.05, 0.1) is 44.0 Å². The predicted octanol–water partition coefficient (Wildman–Crippen LogP) is 9.96. The summed E-state index contributed by atoms with van der Waals surface area (Å²) in [5.74, 6) is 0. The maximum atomic E-state index is 5.20. The van der Waals surface area contributed by atoms with Gasteiger partial charge in [-0.25, -0.2) is 9.97 Å². The van der Waals surface area contributed by atoms with Crippen molar-refractivity contribution in [2.24, 2.45) is 0 Å². The number of unbranched alkanes of at least 4 members (excludes halogenated alkanes) is 1. The van der Waals surface area contributed by atoms with E-state index in [0.29, 0.717) is 0 Å². The lowest BCUT2D eigenvalue weighted by molar-refractivity contribution is 0.833. The molecule has 0 unspecified atom stereocenters. The van der Waals surface area contributed by atoms with E-state index >= 15 is 0 Å². The number of fused-ring (bicyclic) bond motifs is 8. The quantitative estimate of drug-likeness (QED) is 0.164. The van der Waals surface area contributed by atoms with Crippen molar-refractivity contribution in [3.05, 3.63) is 112 Å². The first-order valence-electron chi connectivity index (χ1n) is 14.4. The van der Waals surface area contributed by atoms with E-state index in [9.17, 15) is 0 Å². The number of nitrogens with zero attached hydrogens (tertiary/aromatic N) is 2. The molecule has 0 amide bonds. The lowest BCUT2D eigenvalue weighted by Gasteiger charge is -2.08. The Kier molecular flexibility index (Phi) is 7.06. The number of aromatic nitrogens is 4. The fourth-order valence-electron chi connectivity index (χ4n) is 5.56. The van der Waals surface area contributed by atoms with E-state index in [1.54, 1.807) is 0 Å². The molecule has 3 aromatic heterocycles. The van der Waals surface area contributed by atoms with E-state index in [4.69, 9.17) is 9.97 Å². The van der Waals surface area contributed by atoms with Gasteiger partial charge in [0.2, 0.25) is 0 Å². The van der Waals surface area contributed by atoms with Crippen molar-refractivity contribution in [1.29, 1.82) is 0 Å². The average Bonchev–Trinajstić information content (AvgIpc) is 3.85. The van der Waals surface area contributed by atoms with Gasteiger partial charge in [0.1, 0.15) is 0 Å². The van der Waals surface area contributed by atoms with Gasteiger partial charge in [-0.3, -0.25) is 0 Å². The molecule has 2 aromatic carbocycles. The summed E-state index contributed by atoms with van der Waals surface area (Å²) >= 11 is 3.88. The van der Waals surface area contributed by atoms with Crippen molar-refractivity contribution in [3.8, 4) is 22.3 Å². The van der Waals surface area contributed by atoms with Gasteiger partial charge >= 0.3 is 0 Å². The SMILES string of the molecule is CCCCNc1c2nc(c(-c3ccccc3)c3ccc([nH]3)c(Br)c3ccc([nH]3)c(-c3ccccc3)c3nc1C=C3)C=C2. The van der Waals surface area contributed by atoms with Crippen molar-refractivity contribution in [2.75, 3.05) is 11.9 Å². The molecular formula is C36H30BrN5. The highest BCUT2D eigenvalue weighted by atomic mass is 79.9. The minimum Gasteiger partial charge on any atom is -0.382 e. The Morgan fingerprint density at radius 2 is 1.05 bits per heavy atom. The second-order valence-electron chi connectivity index (χ2n) is 10.5. The maximum absolute atomic E-state index is 5.20. The molecule has 6 heteroatoms. The van der Waals surface area contributed by atoms with E-state index in [0.717, 1.165) is 96.6 Å². The Morgan fingerprint density at radius 3 is 1.52 bits per heavy atom. The van der Waals surface area contributed by atoms with E-state index < -0.39 is 0 Å². The zero-order chi connectivity index (χ0) is 28.5. The second kappa shape index (κ2) is 11.3. The summed E-state index contributed by atoms with van der Waals surface area (Å²) in [6.45, 7) is 3.06. The first-order valence-corrected chi connectivity index (χ1v) is 15.2. The van der Waals surface area contributed by atoms with E-state index in [-0.39, 0.29) is 0 Å². The molecule has 0 saturated heterocycles. The number of H-pyrrole nitrogens is 2. The van der Waals surface area contributed by atoms with Crippen molar-refractivity contribution in [3.63, 3.8) is 0 Å². The maximum Gasteiger partial charge on any atom is 0.0891 e. The van der Waals surface area contributed by atoms with Crippen molar-refractivity contribution in [2.45, 2.75) is 19.8 Å². The summed E-state index contributed by atoms with van der Waals surface area (Å²) in [5.41, 5.74) is 12.8. The molecule has 0 fully saturated rings. The lowest BCUT2D eigenvalue weighted by Crippen LogP contribution is -2.04. The van der Waals surface area contributed by atoms with E-state index in [2.05, 4.69) is 135 Å². The van der Waals surface area contributed by atoms with Gasteiger partial charge in [-0.05, 0) is 82.0 Å². The van der Waals surface area contributed by atoms with Gasteiger partial charge in [0.15, 0.2) is 0 Å². The van der Waals surface area contributed by atoms with Gasteiger partial charge in [-0.2, -0.15) is 0 Å². The largest absolute Gasteiger partial charge is 0.382 e. The molecule has 206 valence electrons. The highest BCUT2D eigenvalue weighted by molar-refractivity contribution is 9.10. The summed E-state index contributed by atoms with van der Waals surface area (Å²) < 4.78 is 0.954. The van der Waals surface area contributed by atoms with Crippen LogP contribution in [0.4, 0.5) is 5.69 Å². The molecule has 42 heavy (non-hydrogen) atoms. The number of anilines is 1. The summed E-state index contributed by atoms with van der Waals surface area (Å²) in [7, 11) is 0. The highest BCUT2D eigenvalue weighted by Crippen LogP contribution is 2.36. The molecule has 0 spiro atoms. The third-order valence-corrected chi connectivity index (χ3v) is 8.50. The first kappa shape index (κ1) is 26.2. The highest BCUT2D eigenvalue weighted by Gasteiger charge is 2.17. The van der Waals surface area contributed by atoms with Crippen LogP contribution < -0.4 is 5.32 Å². The Morgan fingerprint density at radius 1 is 0.595 bits per heavy atom. The zero-order valence-electron chi connectivity index (χ0n) is 23.3. The molecule has 5 heterocycles. The third-order valence-electron chi connectivity index (χ3n) is 7.65. The molecule has 0 atom stereocenters. The average molecular weight is 613 g/mol. The third kappa shape index (κ3) is 4.88. The molecule has 8 bridgehead atoms. The van der Waals surface area contributed by atoms with Crippen LogP contribution in [0.2, 0.25) is 0 Å². The van der Waals surface area contributed by atoms with Gasteiger partial charge in [0.25, 0.3) is 0 Å². The van der Waals surface area contributed by atoms with Gasteiger partial charge in [-0.1, -0.05) is 74.0 Å². The Bertz CT molecular complexity index is 1860. The molecule has 3 N–H and O–H groups in total. The smallest absolute Gasteiger partial charge is 0.0891 e. The number of benzene rings is 2. The lowest BCUT2D eigenvalue weighted by atomic mass is 10.0. The zero-order valence-corrected chi connectivity index (χ0v) is 24.9. The second-order valence-corrected chi connectivity index (χ2v) is 11.2. The number of aromatic amines is 2. The number of hydrogen-bond donors (Lipinski definition) is 3. The molecular weight excluding hydrogens is 582 g/mol. The summed E-state index contributed by atoms with van der Waals surface area (Å²) in [5, 5.41) is 3.68. The van der Waals surface area contributed by atoms with Crippen molar-refractivity contribution in [1.82, 2.24) is 19.9 Å². The van der Waals surface area contributed by atoms with Crippen LogP contribution in [0, 0.1) is 0 Å². The fraction of sp³-hybridized carbons (Fsp3) is 0.111. The molecule has 0 radical (unpaired) electrons.